The largest absolute Gasteiger partial charge is 0.313 e. The maximum atomic E-state index is 4.26. The minimum absolute atomic E-state index is 0.194. The zero-order valence-corrected chi connectivity index (χ0v) is 11.1. The number of para-hydroxylation sites is 1. The molecule has 4 heteroatoms. The van der Waals surface area contributed by atoms with Gasteiger partial charge in [0.15, 0.2) is 0 Å². The third-order valence-electron chi connectivity index (χ3n) is 3.44. The molecule has 2 aromatic rings. The molecule has 1 saturated carbocycles. The standard InChI is InChI=1S/C14H20N4/c1-14(2,9-15-11-7-8-11)10-18-13-6-4-3-5-12(13)16-17-18/h3-6,11,15H,7-10H2,1-2H3. The molecular weight excluding hydrogens is 224 g/mol. The summed E-state index contributed by atoms with van der Waals surface area (Å²) in [5.41, 5.74) is 2.29. The second-order valence-corrected chi connectivity index (χ2v) is 6.06. The van der Waals surface area contributed by atoms with Gasteiger partial charge in [0.05, 0.1) is 5.52 Å². The lowest BCUT2D eigenvalue weighted by atomic mass is 9.93. The number of hydrogen-bond donors (Lipinski definition) is 1. The maximum absolute atomic E-state index is 4.26. The zero-order valence-electron chi connectivity index (χ0n) is 11.1. The van der Waals surface area contributed by atoms with E-state index >= 15 is 0 Å². The average Bonchev–Trinajstić information content (AvgIpc) is 3.10. The van der Waals surface area contributed by atoms with Gasteiger partial charge in [0, 0.05) is 19.1 Å². The van der Waals surface area contributed by atoms with Gasteiger partial charge < -0.3 is 5.32 Å². The highest BCUT2D eigenvalue weighted by molar-refractivity contribution is 5.73. The molecule has 1 N–H and O–H groups in total. The Labute approximate surface area is 107 Å². The van der Waals surface area contributed by atoms with Crippen LogP contribution in [0.15, 0.2) is 24.3 Å². The van der Waals surface area contributed by atoms with Gasteiger partial charge in [0.1, 0.15) is 5.52 Å². The summed E-state index contributed by atoms with van der Waals surface area (Å²) in [7, 11) is 0. The van der Waals surface area contributed by atoms with E-state index in [1.54, 1.807) is 0 Å². The van der Waals surface area contributed by atoms with E-state index < -0.39 is 0 Å². The quantitative estimate of drug-likeness (QED) is 0.877. The van der Waals surface area contributed by atoms with Crippen molar-refractivity contribution in [2.45, 2.75) is 39.3 Å². The number of aromatic nitrogens is 3. The van der Waals surface area contributed by atoms with Crippen molar-refractivity contribution in [1.82, 2.24) is 20.3 Å². The third kappa shape index (κ3) is 2.53. The summed E-state index contributed by atoms with van der Waals surface area (Å²) in [5.74, 6) is 0. The van der Waals surface area contributed by atoms with Crippen LogP contribution in [-0.4, -0.2) is 27.6 Å². The van der Waals surface area contributed by atoms with E-state index in [1.165, 1.54) is 12.8 Å². The summed E-state index contributed by atoms with van der Waals surface area (Å²) >= 11 is 0. The fourth-order valence-electron chi connectivity index (χ4n) is 2.20. The predicted molar refractivity (Wildman–Crippen MR) is 72.3 cm³/mol. The molecule has 1 aromatic carbocycles. The van der Waals surface area contributed by atoms with Crippen LogP contribution in [0.5, 0.6) is 0 Å². The number of benzene rings is 1. The van der Waals surface area contributed by atoms with Crippen LogP contribution in [-0.2, 0) is 6.54 Å². The van der Waals surface area contributed by atoms with Gasteiger partial charge in [0.2, 0.25) is 0 Å². The van der Waals surface area contributed by atoms with E-state index in [0.29, 0.717) is 0 Å². The lowest BCUT2D eigenvalue weighted by Gasteiger charge is -2.25. The van der Waals surface area contributed by atoms with Crippen molar-refractivity contribution in [3.63, 3.8) is 0 Å². The summed E-state index contributed by atoms with van der Waals surface area (Å²) in [6.07, 6.45) is 2.67. The van der Waals surface area contributed by atoms with Crippen LogP contribution in [0.25, 0.3) is 11.0 Å². The molecule has 0 saturated heterocycles. The lowest BCUT2D eigenvalue weighted by Crippen LogP contribution is -2.34. The molecule has 1 aliphatic carbocycles. The van der Waals surface area contributed by atoms with Crippen molar-refractivity contribution in [2.24, 2.45) is 5.41 Å². The van der Waals surface area contributed by atoms with E-state index in [2.05, 4.69) is 35.5 Å². The molecule has 0 radical (unpaired) electrons. The molecule has 96 valence electrons. The molecule has 18 heavy (non-hydrogen) atoms. The van der Waals surface area contributed by atoms with Gasteiger partial charge in [-0.2, -0.15) is 0 Å². The normalized spacial score (nSPS) is 16.3. The molecule has 1 aliphatic rings. The Morgan fingerprint density at radius 3 is 2.89 bits per heavy atom. The summed E-state index contributed by atoms with van der Waals surface area (Å²) in [6, 6.07) is 8.89. The van der Waals surface area contributed by atoms with Crippen molar-refractivity contribution in [2.75, 3.05) is 6.54 Å². The first-order valence-corrected chi connectivity index (χ1v) is 6.66. The molecule has 0 bridgehead atoms. The van der Waals surface area contributed by atoms with Crippen LogP contribution in [0.4, 0.5) is 0 Å². The molecule has 0 atom stereocenters. The van der Waals surface area contributed by atoms with E-state index in [9.17, 15) is 0 Å². The predicted octanol–water partition coefficient (Wildman–Crippen LogP) is 2.21. The Bertz CT molecular complexity index is 539. The Balaban J connectivity index is 1.73. The maximum Gasteiger partial charge on any atom is 0.113 e. The first kappa shape index (κ1) is 11.7. The third-order valence-corrected chi connectivity index (χ3v) is 3.44. The molecule has 0 aliphatic heterocycles. The smallest absolute Gasteiger partial charge is 0.113 e. The van der Waals surface area contributed by atoms with Gasteiger partial charge in [-0.25, -0.2) is 4.68 Å². The second kappa shape index (κ2) is 4.35. The summed E-state index contributed by atoms with van der Waals surface area (Å²) in [4.78, 5) is 0. The van der Waals surface area contributed by atoms with E-state index in [4.69, 9.17) is 0 Å². The van der Waals surface area contributed by atoms with Crippen molar-refractivity contribution in [1.29, 1.82) is 0 Å². The highest BCUT2D eigenvalue weighted by Crippen LogP contribution is 2.23. The van der Waals surface area contributed by atoms with Gasteiger partial charge in [-0.15, -0.1) is 5.10 Å². The Kier molecular flexibility index (Phi) is 2.82. The molecular formula is C14H20N4. The van der Waals surface area contributed by atoms with Gasteiger partial charge in [0.25, 0.3) is 0 Å². The second-order valence-electron chi connectivity index (χ2n) is 6.06. The van der Waals surface area contributed by atoms with Gasteiger partial charge in [-0.3, -0.25) is 0 Å². The highest BCUT2D eigenvalue weighted by atomic mass is 15.4. The van der Waals surface area contributed by atoms with Gasteiger partial charge in [-0.1, -0.05) is 31.2 Å². The number of fused-ring (bicyclic) bond motifs is 1. The molecule has 3 rings (SSSR count). The Morgan fingerprint density at radius 1 is 1.33 bits per heavy atom. The zero-order chi connectivity index (χ0) is 12.6. The molecule has 0 spiro atoms. The molecule has 1 fully saturated rings. The first-order chi connectivity index (χ1) is 8.64. The number of nitrogens with zero attached hydrogens (tertiary/aromatic N) is 3. The average molecular weight is 244 g/mol. The Morgan fingerprint density at radius 2 is 2.11 bits per heavy atom. The monoisotopic (exact) mass is 244 g/mol. The van der Waals surface area contributed by atoms with E-state index in [1.807, 2.05) is 22.9 Å². The van der Waals surface area contributed by atoms with Crippen molar-refractivity contribution >= 4 is 11.0 Å². The first-order valence-electron chi connectivity index (χ1n) is 6.66. The summed E-state index contributed by atoms with van der Waals surface area (Å²) < 4.78 is 2.02. The minimum atomic E-state index is 0.194. The molecule has 0 unspecified atom stereocenters. The van der Waals surface area contributed by atoms with Crippen LogP contribution < -0.4 is 5.32 Å². The van der Waals surface area contributed by atoms with E-state index in [0.717, 1.165) is 30.2 Å². The molecule has 0 amide bonds. The molecule has 1 aromatic heterocycles. The SMILES string of the molecule is CC(C)(CNC1CC1)Cn1nnc2ccccc21. The van der Waals surface area contributed by atoms with Crippen LogP contribution >= 0.6 is 0 Å². The topological polar surface area (TPSA) is 42.7 Å². The fourth-order valence-corrected chi connectivity index (χ4v) is 2.20. The Hall–Kier alpha value is -1.42. The molecule has 1 heterocycles. The van der Waals surface area contributed by atoms with E-state index in [-0.39, 0.29) is 5.41 Å². The van der Waals surface area contributed by atoms with Crippen LogP contribution in [0, 0.1) is 5.41 Å². The lowest BCUT2D eigenvalue weighted by molar-refractivity contribution is 0.277. The van der Waals surface area contributed by atoms with Gasteiger partial charge in [-0.05, 0) is 30.4 Å². The van der Waals surface area contributed by atoms with Crippen molar-refractivity contribution in [3.8, 4) is 0 Å². The fraction of sp³-hybridized carbons (Fsp3) is 0.571. The van der Waals surface area contributed by atoms with Gasteiger partial charge >= 0.3 is 0 Å². The number of rotatable bonds is 5. The summed E-state index contributed by atoms with van der Waals surface area (Å²) in [5, 5.41) is 12.1. The van der Waals surface area contributed by atoms with Crippen LogP contribution in [0.3, 0.4) is 0 Å². The van der Waals surface area contributed by atoms with Crippen LogP contribution in [0.2, 0.25) is 0 Å². The summed E-state index contributed by atoms with van der Waals surface area (Å²) in [6.45, 7) is 6.48. The van der Waals surface area contributed by atoms with Crippen molar-refractivity contribution in [3.05, 3.63) is 24.3 Å². The highest BCUT2D eigenvalue weighted by Gasteiger charge is 2.26. The van der Waals surface area contributed by atoms with Crippen LogP contribution in [0.1, 0.15) is 26.7 Å². The number of hydrogen-bond acceptors (Lipinski definition) is 3. The number of nitrogens with one attached hydrogen (secondary N) is 1. The minimum Gasteiger partial charge on any atom is -0.313 e. The van der Waals surface area contributed by atoms with Crippen molar-refractivity contribution < 1.29 is 0 Å². The molecule has 4 nitrogen and oxygen atoms in total.